The third kappa shape index (κ3) is 3.48. The monoisotopic (exact) mass is 288 g/mol. The van der Waals surface area contributed by atoms with Crippen molar-refractivity contribution in [3.63, 3.8) is 0 Å². The van der Waals surface area contributed by atoms with Gasteiger partial charge in [0.1, 0.15) is 18.5 Å². The number of aromatic nitrogens is 5. The van der Waals surface area contributed by atoms with Crippen molar-refractivity contribution in [2.24, 2.45) is 5.92 Å². The van der Waals surface area contributed by atoms with E-state index in [2.05, 4.69) is 27.4 Å². The summed E-state index contributed by atoms with van der Waals surface area (Å²) in [5.74, 6) is 1.51. The van der Waals surface area contributed by atoms with Crippen LogP contribution in [0.15, 0.2) is 24.9 Å². The van der Waals surface area contributed by atoms with Gasteiger partial charge < -0.3 is 5.32 Å². The van der Waals surface area contributed by atoms with Crippen molar-refractivity contribution >= 4 is 11.7 Å². The normalized spacial score (nSPS) is 15.9. The molecule has 2 aromatic heterocycles. The summed E-state index contributed by atoms with van der Waals surface area (Å²) in [6.07, 6.45) is 8.61. The lowest BCUT2D eigenvalue weighted by Crippen LogP contribution is -2.18. The van der Waals surface area contributed by atoms with Gasteiger partial charge in [-0.1, -0.05) is 0 Å². The van der Waals surface area contributed by atoms with E-state index in [1.165, 1.54) is 19.2 Å². The van der Waals surface area contributed by atoms with Crippen LogP contribution in [0.4, 0.5) is 5.82 Å². The summed E-state index contributed by atoms with van der Waals surface area (Å²) in [5.41, 5.74) is 0. The maximum atomic E-state index is 12.0. The summed E-state index contributed by atoms with van der Waals surface area (Å²) in [6.45, 7) is 2.86. The second-order valence-electron chi connectivity index (χ2n) is 5.55. The van der Waals surface area contributed by atoms with Crippen molar-refractivity contribution < 1.29 is 4.79 Å². The van der Waals surface area contributed by atoms with E-state index in [1.807, 2.05) is 10.7 Å². The Hall–Kier alpha value is -2.18. The molecule has 1 atom stereocenters. The molecule has 0 aliphatic heterocycles. The predicted molar refractivity (Wildman–Crippen MR) is 77.5 cm³/mol. The van der Waals surface area contributed by atoms with Crippen LogP contribution in [-0.4, -0.2) is 30.5 Å². The van der Waals surface area contributed by atoms with E-state index in [9.17, 15) is 4.79 Å². The number of nitrogens with zero attached hydrogens (tertiary/aromatic N) is 5. The van der Waals surface area contributed by atoms with Crippen LogP contribution in [0, 0.1) is 5.92 Å². The van der Waals surface area contributed by atoms with Crippen LogP contribution in [0.2, 0.25) is 0 Å². The van der Waals surface area contributed by atoms with Crippen molar-refractivity contribution in [2.75, 3.05) is 5.32 Å². The quantitative estimate of drug-likeness (QED) is 0.843. The highest BCUT2D eigenvalue weighted by Crippen LogP contribution is 2.40. The summed E-state index contributed by atoms with van der Waals surface area (Å²) in [4.78, 5) is 15.9. The van der Waals surface area contributed by atoms with Gasteiger partial charge in [-0.3, -0.25) is 9.48 Å². The van der Waals surface area contributed by atoms with Crippen LogP contribution >= 0.6 is 0 Å². The maximum Gasteiger partial charge on any atom is 0.225 e. The van der Waals surface area contributed by atoms with E-state index in [-0.39, 0.29) is 5.91 Å². The molecule has 2 heterocycles. The molecule has 1 saturated carbocycles. The van der Waals surface area contributed by atoms with Crippen molar-refractivity contribution in [1.29, 1.82) is 0 Å². The molecule has 0 spiro atoms. The fourth-order valence-corrected chi connectivity index (χ4v) is 2.47. The van der Waals surface area contributed by atoms with Crippen molar-refractivity contribution in [2.45, 2.75) is 45.2 Å². The number of carbonyl (C=O) groups is 1. The zero-order valence-electron chi connectivity index (χ0n) is 12.1. The lowest BCUT2D eigenvalue weighted by Gasteiger charge is -2.15. The Morgan fingerprint density at radius 1 is 1.48 bits per heavy atom. The molecule has 0 bridgehead atoms. The minimum atomic E-state index is 0.0138. The number of amides is 1. The second-order valence-corrected chi connectivity index (χ2v) is 5.55. The van der Waals surface area contributed by atoms with E-state index in [0.29, 0.717) is 24.9 Å². The molecule has 1 aliphatic rings. The van der Waals surface area contributed by atoms with Gasteiger partial charge in [0.05, 0.1) is 12.2 Å². The Balaban J connectivity index is 1.49. The zero-order chi connectivity index (χ0) is 14.7. The van der Waals surface area contributed by atoms with Crippen molar-refractivity contribution in [3.8, 4) is 0 Å². The lowest BCUT2D eigenvalue weighted by atomic mass is 10.2. The predicted octanol–water partition coefficient (Wildman–Crippen LogP) is 1.86. The zero-order valence-corrected chi connectivity index (χ0v) is 12.1. The summed E-state index contributed by atoms with van der Waals surface area (Å²) in [5, 5.41) is 11.3. The first-order chi connectivity index (χ1) is 10.2. The SMILES string of the molecule is C[C@H](C1CC1)n1nccc1NC(=O)CCCn1cncn1. The van der Waals surface area contributed by atoms with Crippen LogP contribution in [-0.2, 0) is 11.3 Å². The molecule has 7 heteroatoms. The molecule has 0 aromatic carbocycles. The van der Waals surface area contributed by atoms with E-state index >= 15 is 0 Å². The summed E-state index contributed by atoms with van der Waals surface area (Å²) < 4.78 is 3.65. The van der Waals surface area contributed by atoms with Gasteiger partial charge in [-0.05, 0) is 32.1 Å². The van der Waals surface area contributed by atoms with Crippen LogP contribution in [0.25, 0.3) is 0 Å². The van der Waals surface area contributed by atoms with Crippen molar-refractivity contribution in [3.05, 3.63) is 24.9 Å². The molecular weight excluding hydrogens is 268 g/mol. The van der Waals surface area contributed by atoms with Crippen LogP contribution in [0.5, 0.6) is 0 Å². The number of nitrogens with one attached hydrogen (secondary N) is 1. The molecule has 112 valence electrons. The topological polar surface area (TPSA) is 77.6 Å². The largest absolute Gasteiger partial charge is 0.311 e. The highest BCUT2D eigenvalue weighted by Gasteiger charge is 2.30. The van der Waals surface area contributed by atoms with Gasteiger partial charge in [0.2, 0.25) is 5.91 Å². The molecule has 0 radical (unpaired) electrons. The molecule has 21 heavy (non-hydrogen) atoms. The van der Waals surface area contributed by atoms with Gasteiger partial charge >= 0.3 is 0 Å². The highest BCUT2D eigenvalue weighted by molar-refractivity contribution is 5.89. The molecule has 3 rings (SSSR count). The number of carbonyl (C=O) groups excluding carboxylic acids is 1. The van der Waals surface area contributed by atoms with Crippen LogP contribution in [0.3, 0.4) is 0 Å². The van der Waals surface area contributed by atoms with E-state index < -0.39 is 0 Å². The molecule has 0 unspecified atom stereocenters. The molecule has 1 aliphatic carbocycles. The highest BCUT2D eigenvalue weighted by atomic mass is 16.1. The van der Waals surface area contributed by atoms with Gasteiger partial charge in [-0.25, -0.2) is 9.67 Å². The van der Waals surface area contributed by atoms with E-state index in [4.69, 9.17) is 0 Å². The summed E-state index contributed by atoms with van der Waals surface area (Å²) in [6, 6.07) is 2.21. The third-order valence-electron chi connectivity index (χ3n) is 3.89. The minimum absolute atomic E-state index is 0.0138. The average molecular weight is 288 g/mol. The lowest BCUT2D eigenvalue weighted by molar-refractivity contribution is -0.116. The Bertz CT molecular complexity index is 586. The number of aryl methyl sites for hydroxylation is 1. The smallest absolute Gasteiger partial charge is 0.225 e. The average Bonchev–Trinajstić information content (AvgIpc) is 3.00. The van der Waals surface area contributed by atoms with Gasteiger partial charge in [-0.2, -0.15) is 10.2 Å². The molecule has 7 nitrogen and oxygen atoms in total. The van der Waals surface area contributed by atoms with E-state index in [1.54, 1.807) is 17.2 Å². The number of hydrogen-bond acceptors (Lipinski definition) is 4. The van der Waals surface area contributed by atoms with Crippen molar-refractivity contribution in [1.82, 2.24) is 24.5 Å². The fourth-order valence-electron chi connectivity index (χ4n) is 2.47. The first kappa shape index (κ1) is 13.8. The Morgan fingerprint density at radius 2 is 2.33 bits per heavy atom. The first-order valence-electron chi connectivity index (χ1n) is 7.40. The maximum absolute atomic E-state index is 12.0. The van der Waals surface area contributed by atoms with Crippen LogP contribution in [0.1, 0.15) is 38.6 Å². The summed E-state index contributed by atoms with van der Waals surface area (Å²) in [7, 11) is 0. The van der Waals surface area contributed by atoms with Gasteiger partial charge in [0.25, 0.3) is 0 Å². The van der Waals surface area contributed by atoms with Gasteiger partial charge in [0, 0.05) is 19.0 Å². The number of hydrogen-bond donors (Lipinski definition) is 1. The second kappa shape index (κ2) is 6.07. The standard InChI is InChI=1S/C14H20N6O/c1-11(12-4-5-12)20-13(6-7-16-20)18-14(21)3-2-8-19-10-15-9-17-19/h6-7,9-12H,2-5,8H2,1H3,(H,18,21)/t11-/m1/s1. The Kier molecular flexibility index (Phi) is 3.98. The van der Waals surface area contributed by atoms with Crippen LogP contribution < -0.4 is 5.32 Å². The molecule has 1 fully saturated rings. The third-order valence-corrected chi connectivity index (χ3v) is 3.89. The Labute approximate surface area is 123 Å². The molecule has 0 saturated heterocycles. The molecular formula is C14H20N6O. The molecule has 1 N–H and O–H groups in total. The minimum Gasteiger partial charge on any atom is -0.311 e. The van der Waals surface area contributed by atoms with E-state index in [0.717, 1.165) is 12.2 Å². The number of anilines is 1. The first-order valence-corrected chi connectivity index (χ1v) is 7.40. The fraction of sp³-hybridized carbons (Fsp3) is 0.571. The van der Waals surface area contributed by atoms with Gasteiger partial charge in [0.15, 0.2) is 0 Å². The Morgan fingerprint density at radius 3 is 3.05 bits per heavy atom. The molecule has 1 amide bonds. The van der Waals surface area contributed by atoms with Gasteiger partial charge in [-0.15, -0.1) is 0 Å². The molecule has 2 aromatic rings. The number of rotatable bonds is 7. The summed E-state index contributed by atoms with van der Waals surface area (Å²) >= 11 is 0.